The number of rotatable bonds is 5. The molecule has 1 fully saturated rings. The molecule has 0 spiro atoms. The summed E-state index contributed by atoms with van der Waals surface area (Å²) < 4.78 is 11.3. The number of benzene rings is 2. The molecule has 1 heterocycles. The molecule has 142 valence electrons. The Morgan fingerprint density at radius 1 is 1.15 bits per heavy atom. The maximum absolute atomic E-state index is 12.2. The van der Waals surface area contributed by atoms with Gasteiger partial charge in [-0.1, -0.05) is 30.3 Å². The summed E-state index contributed by atoms with van der Waals surface area (Å²) in [5, 5.41) is 0. The fraction of sp³-hybridized carbons (Fsp3) is 0.364. The summed E-state index contributed by atoms with van der Waals surface area (Å²) in [5.74, 6) is 0.736. The lowest BCUT2D eigenvalue weighted by atomic mass is 10.0. The first-order valence-corrected chi connectivity index (χ1v) is 9.14. The first-order valence-electron chi connectivity index (χ1n) is 9.14. The van der Waals surface area contributed by atoms with Gasteiger partial charge in [-0.05, 0) is 56.5 Å². The smallest absolute Gasteiger partial charge is 0.410 e. The minimum Gasteiger partial charge on any atom is -0.491 e. The van der Waals surface area contributed by atoms with Crippen LogP contribution >= 0.6 is 0 Å². The number of ether oxygens (including phenoxy) is 2. The number of hydrogen-bond acceptors (Lipinski definition) is 4. The SMILES string of the molecule is CC(C)(C)OC(=O)N1CC[C@H]1COc1cccc(-c2cccc(C=O)c2)c1. The molecule has 0 N–H and O–H groups in total. The van der Waals surface area contributed by atoms with Gasteiger partial charge >= 0.3 is 6.09 Å². The van der Waals surface area contributed by atoms with Gasteiger partial charge < -0.3 is 14.4 Å². The zero-order chi connectivity index (χ0) is 19.4. The van der Waals surface area contributed by atoms with Crippen LogP contribution in [0.2, 0.25) is 0 Å². The summed E-state index contributed by atoms with van der Waals surface area (Å²) in [6.07, 6.45) is 1.45. The molecular formula is C22H25NO4. The van der Waals surface area contributed by atoms with Gasteiger partial charge in [0.2, 0.25) is 0 Å². The molecule has 1 aliphatic rings. The van der Waals surface area contributed by atoms with Crippen molar-refractivity contribution in [3.05, 3.63) is 54.1 Å². The van der Waals surface area contributed by atoms with Crippen LogP contribution in [0, 0.1) is 0 Å². The Morgan fingerprint density at radius 3 is 2.48 bits per heavy atom. The maximum Gasteiger partial charge on any atom is 0.410 e. The van der Waals surface area contributed by atoms with E-state index in [9.17, 15) is 9.59 Å². The van der Waals surface area contributed by atoms with Crippen molar-refractivity contribution in [2.45, 2.75) is 38.8 Å². The van der Waals surface area contributed by atoms with E-state index < -0.39 is 5.60 Å². The second kappa shape index (κ2) is 7.82. The quantitative estimate of drug-likeness (QED) is 0.727. The van der Waals surface area contributed by atoms with E-state index in [0.717, 1.165) is 29.6 Å². The number of likely N-dealkylation sites (tertiary alicyclic amines) is 1. The Hall–Kier alpha value is -2.82. The van der Waals surface area contributed by atoms with E-state index in [1.54, 1.807) is 11.0 Å². The van der Waals surface area contributed by atoms with Gasteiger partial charge in [0.05, 0.1) is 6.04 Å². The molecule has 5 nitrogen and oxygen atoms in total. The zero-order valence-corrected chi connectivity index (χ0v) is 16.0. The van der Waals surface area contributed by atoms with Crippen molar-refractivity contribution >= 4 is 12.4 Å². The molecule has 2 aromatic rings. The lowest BCUT2D eigenvalue weighted by molar-refractivity contribution is -0.0141. The average molecular weight is 367 g/mol. The van der Waals surface area contributed by atoms with Gasteiger partial charge in [-0.25, -0.2) is 4.79 Å². The molecule has 2 aromatic carbocycles. The van der Waals surface area contributed by atoms with Crippen molar-refractivity contribution < 1.29 is 19.1 Å². The number of carbonyl (C=O) groups excluding carboxylic acids is 2. The molecule has 0 saturated carbocycles. The van der Waals surface area contributed by atoms with E-state index in [2.05, 4.69) is 0 Å². The Labute approximate surface area is 159 Å². The van der Waals surface area contributed by atoms with Gasteiger partial charge in [-0.2, -0.15) is 0 Å². The van der Waals surface area contributed by atoms with Crippen LogP contribution in [0.15, 0.2) is 48.5 Å². The van der Waals surface area contributed by atoms with E-state index in [1.165, 1.54) is 0 Å². The second-order valence-corrected chi connectivity index (χ2v) is 7.70. The summed E-state index contributed by atoms with van der Waals surface area (Å²) >= 11 is 0. The predicted octanol–water partition coefficient (Wildman–Crippen LogP) is 4.55. The highest BCUT2D eigenvalue weighted by Gasteiger charge is 2.35. The first-order chi connectivity index (χ1) is 12.9. The normalized spacial score (nSPS) is 16.4. The molecule has 5 heteroatoms. The molecule has 0 aliphatic carbocycles. The van der Waals surface area contributed by atoms with Gasteiger partial charge in [0, 0.05) is 12.1 Å². The molecule has 1 atom stereocenters. The molecule has 0 radical (unpaired) electrons. The minimum absolute atomic E-state index is 0.0295. The largest absolute Gasteiger partial charge is 0.491 e. The third-order valence-electron chi connectivity index (χ3n) is 4.40. The van der Waals surface area contributed by atoms with Gasteiger partial charge in [0.15, 0.2) is 0 Å². The molecule has 3 rings (SSSR count). The number of carbonyl (C=O) groups is 2. The third-order valence-corrected chi connectivity index (χ3v) is 4.40. The highest BCUT2D eigenvalue weighted by Crippen LogP contribution is 2.26. The molecule has 1 amide bonds. The summed E-state index contributed by atoms with van der Waals surface area (Å²) in [7, 11) is 0. The van der Waals surface area contributed by atoms with Crippen molar-refractivity contribution in [1.29, 1.82) is 0 Å². The van der Waals surface area contributed by atoms with Crippen LogP contribution in [-0.4, -0.2) is 42.1 Å². The van der Waals surface area contributed by atoms with Gasteiger partial charge in [0.25, 0.3) is 0 Å². The number of aldehydes is 1. The molecule has 27 heavy (non-hydrogen) atoms. The summed E-state index contributed by atoms with van der Waals surface area (Å²) in [4.78, 5) is 24.9. The van der Waals surface area contributed by atoms with Gasteiger partial charge in [-0.3, -0.25) is 4.79 Å². The lowest BCUT2D eigenvalue weighted by Crippen LogP contribution is -2.55. The summed E-state index contributed by atoms with van der Waals surface area (Å²) in [6.45, 7) is 6.71. The van der Waals surface area contributed by atoms with E-state index in [4.69, 9.17) is 9.47 Å². The lowest BCUT2D eigenvalue weighted by Gasteiger charge is -2.41. The standard InChI is InChI=1S/C22H25NO4/c1-22(2,3)27-21(25)23-11-10-19(23)15-26-20-9-5-8-18(13-20)17-7-4-6-16(12-17)14-24/h4-9,12-14,19H,10-11,15H2,1-3H3/t19-/m0/s1. The highest BCUT2D eigenvalue weighted by molar-refractivity contribution is 5.79. The molecule has 0 unspecified atom stereocenters. The van der Waals surface area contributed by atoms with E-state index in [-0.39, 0.29) is 12.1 Å². The fourth-order valence-corrected chi connectivity index (χ4v) is 2.92. The monoisotopic (exact) mass is 367 g/mol. The summed E-state index contributed by atoms with van der Waals surface area (Å²) in [5.41, 5.74) is 2.09. The Balaban J connectivity index is 1.62. The van der Waals surface area contributed by atoms with Crippen LogP contribution in [-0.2, 0) is 4.74 Å². The predicted molar refractivity (Wildman–Crippen MR) is 104 cm³/mol. The van der Waals surface area contributed by atoms with Crippen LogP contribution in [0.5, 0.6) is 5.75 Å². The van der Waals surface area contributed by atoms with Crippen LogP contribution in [0.4, 0.5) is 4.79 Å². The van der Waals surface area contributed by atoms with Crippen molar-refractivity contribution in [3.63, 3.8) is 0 Å². The number of hydrogen-bond donors (Lipinski definition) is 0. The number of amides is 1. The topological polar surface area (TPSA) is 55.8 Å². The van der Waals surface area contributed by atoms with Crippen molar-refractivity contribution in [2.24, 2.45) is 0 Å². The Kier molecular flexibility index (Phi) is 5.49. The van der Waals surface area contributed by atoms with E-state index in [1.807, 2.05) is 63.2 Å². The molecule has 1 aliphatic heterocycles. The molecule has 0 aromatic heterocycles. The van der Waals surface area contributed by atoms with Crippen molar-refractivity contribution in [2.75, 3.05) is 13.2 Å². The van der Waals surface area contributed by atoms with Crippen molar-refractivity contribution in [3.8, 4) is 16.9 Å². The third kappa shape index (κ3) is 4.88. The van der Waals surface area contributed by atoms with Crippen LogP contribution in [0.25, 0.3) is 11.1 Å². The Morgan fingerprint density at radius 2 is 1.85 bits per heavy atom. The van der Waals surface area contributed by atoms with Crippen molar-refractivity contribution in [1.82, 2.24) is 4.90 Å². The maximum atomic E-state index is 12.2. The molecule has 0 bridgehead atoms. The second-order valence-electron chi connectivity index (χ2n) is 7.70. The zero-order valence-electron chi connectivity index (χ0n) is 16.0. The van der Waals surface area contributed by atoms with E-state index in [0.29, 0.717) is 18.7 Å². The van der Waals surface area contributed by atoms with Crippen LogP contribution in [0.1, 0.15) is 37.6 Å². The van der Waals surface area contributed by atoms with E-state index >= 15 is 0 Å². The minimum atomic E-state index is -0.498. The van der Waals surface area contributed by atoms with Crippen LogP contribution < -0.4 is 4.74 Å². The van der Waals surface area contributed by atoms with Gasteiger partial charge in [0.1, 0.15) is 24.2 Å². The highest BCUT2D eigenvalue weighted by atomic mass is 16.6. The van der Waals surface area contributed by atoms with Gasteiger partial charge in [-0.15, -0.1) is 0 Å². The van der Waals surface area contributed by atoms with Crippen LogP contribution in [0.3, 0.4) is 0 Å². The molecule has 1 saturated heterocycles. The summed E-state index contributed by atoms with van der Waals surface area (Å²) in [6, 6.07) is 15.2. The average Bonchev–Trinajstić information content (AvgIpc) is 2.59. The molecular weight excluding hydrogens is 342 g/mol. The first kappa shape index (κ1) is 19.0. The fourth-order valence-electron chi connectivity index (χ4n) is 2.92. The Bertz CT molecular complexity index is 825. The number of nitrogens with zero attached hydrogens (tertiary/aromatic N) is 1.